The highest BCUT2D eigenvalue weighted by atomic mass is 32.2. The van der Waals surface area contributed by atoms with Gasteiger partial charge in [-0.2, -0.15) is 0 Å². The molecule has 0 spiro atoms. The first-order chi connectivity index (χ1) is 22.8. The van der Waals surface area contributed by atoms with E-state index < -0.39 is 10.0 Å². The molecule has 2 heterocycles. The van der Waals surface area contributed by atoms with E-state index in [4.69, 9.17) is 9.47 Å². The Morgan fingerprint density at radius 1 is 0.830 bits per heavy atom. The van der Waals surface area contributed by atoms with Gasteiger partial charge in [-0.1, -0.05) is 48.5 Å². The highest BCUT2D eigenvalue weighted by Crippen LogP contribution is 2.32. The van der Waals surface area contributed by atoms with E-state index in [1.807, 2.05) is 24.3 Å². The maximum Gasteiger partial charge on any atom is 0.263 e. The Bertz CT molecular complexity index is 1970. The van der Waals surface area contributed by atoms with Gasteiger partial charge in [-0.05, 0) is 61.7 Å². The number of methoxy groups -OCH3 is 2. The summed E-state index contributed by atoms with van der Waals surface area (Å²) < 4.78 is 40.8. The topological polar surface area (TPSA) is 135 Å². The highest BCUT2D eigenvalue weighted by molar-refractivity contribution is 7.92. The number of nitrogens with zero attached hydrogens (tertiary/aromatic N) is 3. The molecule has 1 aromatic heterocycles. The van der Waals surface area contributed by atoms with Crippen LogP contribution in [0.1, 0.15) is 18.4 Å². The zero-order chi connectivity index (χ0) is 32.8. The molecule has 242 valence electrons. The number of aromatic nitrogens is 2. The molecule has 0 aliphatic carbocycles. The molecular formula is C35H36N6O5S. The molecule has 1 aliphatic heterocycles. The zero-order valence-corrected chi connectivity index (χ0v) is 27.0. The van der Waals surface area contributed by atoms with Crippen molar-refractivity contribution in [3.05, 3.63) is 103 Å². The molecule has 0 radical (unpaired) electrons. The maximum absolute atomic E-state index is 13.7. The Balaban J connectivity index is 1.20. The number of carbonyl (C=O) groups excluding carboxylic acids is 1. The summed E-state index contributed by atoms with van der Waals surface area (Å²) in [6.07, 6.45) is 2.94. The summed E-state index contributed by atoms with van der Waals surface area (Å²) in [7, 11) is -1.07. The van der Waals surface area contributed by atoms with Crippen molar-refractivity contribution in [3.63, 3.8) is 0 Å². The lowest BCUT2D eigenvalue weighted by Crippen LogP contribution is -2.37. The van der Waals surface area contributed by atoms with Crippen molar-refractivity contribution in [2.24, 2.45) is 0 Å². The zero-order valence-electron chi connectivity index (χ0n) is 26.1. The summed E-state index contributed by atoms with van der Waals surface area (Å²) in [6, 6.07) is 29.0. The molecule has 1 amide bonds. The Labute approximate surface area is 274 Å². The van der Waals surface area contributed by atoms with Crippen molar-refractivity contribution >= 4 is 50.0 Å². The van der Waals surface area contributed by atoms with Crippen LogP contribution < -0.4 is 24.8 Å². The second-order valence-corrected chi connectivity index (χ2v) is 13.0. The second-order valence-electron chi connectivity index (χ2n) is 11.3. The fraction of sp³-hybridized carbons (Fsp3) is 0.229. The molecule has 1 fully saturated rings. The van der Waals surface area contributed by atoms with Gasteiger partial charge in [-0.25, -0.2) is 18.4 Å². The molecule has 3 N–H and O–H groups in total. The standard InChI is InChI=1S/C35H36N6O5S/c1-45-28-19-26(20-29(22-28)46-2)37-34-35(39-32-16-7-6-15-31(32)38-34)40-47(43,44)30-14-8-12-25(21-30)36-33(42)23-41-17-9-13-27(41)18-24-10-4-3-5-11-24/h3-8,10-12,14-16,19-22,27H,9,13,17-18,23H2,1-2H3,(H,36,42)(H,37,38)(H,39,40). The quantitative estimate of drug-likeness (QED) is 0.152. The molecule has 1 aliphatic rings. The van der Waals surface area contributed by atoms with Gasteiger partial charge in [0.1, 0.15) is 11.5 Å². The largest absolute Gasteiger partial charge is 0.497 e. The lowest BCUT2D eigenvalue weighted by Gasteiger charge is -2.24. The number of para-hydroxylation sites is 2. The summed E-state index contributed by atoms with van der Waals surface area (Å²) in [4.78, 5) is 24.5. The average molecular weight is 653 g/mol. The van der Waals surface area contributed by atoms with Crippen LogP contribution in [-0.4, -0.2) is 62.5 Å². The number of amides is 1. The van der Waals surface area contributed by atoms with Crippen molar-refractivity contribution in [2.75, 3.05) is 42.7 Å². The minimum absolute atomic E-state index is 0.00147. The van der Waals surface area contributed by atoms with Crippen LogP contribution in [0.25, 0.3) is 11.0 Å². The molecule has 5 aromatic rings. The minimum Gasteiger partial charge on any atom is -0.497 e. The van der Waals surface area contributed by atoms with Crippen LogP contribution in [0.3, 0.4) is 0 Å². The number of ether oxygens (including phenoxy) is 2. The minimum atomic E-state index is -4.15. The summed E-state index contributed by atoms with van der Waals surface area (Å²) >= 11 is 0. The SMILES string of the molecule is COc1cc(Nc2nc3ccccc3nc2NS(=O)(=O)c2cccc(NC(=O)CN3CCCC3Cc3ccccc3)c2)cc(OC)c1. The fourth-order valence-corrected chi connectivity index (χ4v) is 6.76. The number of hydrogen-bond acceptors (Lipinski definition) is 9. The van der Waals surface area contributed by atoms with Crippen molar-refractivity contribution < 1.29 is 22.7 Å². The molecule has 12 heteroatoms. The monoisotopic (exact) mass is 652 g/mol. The predicted octanol–water partition coefficient (Wildman–Crippen LogP) is 5.84. The molecule has 1 unspecified atom stereocenters. The number of fused-ring (bicyclic) bond motifs is 1. The normalized spacial score (nSPS) is 14.9. The van der Waals surface area contributed by atoms with Gasteiger partial charge in [0.25, 0.3) is 10.0 Å². The van der Waals surface area contributed by atoms with Crippen LogP contribution in [0.5, 0.6) is 11.5 Å². The smallest absolute Gasteiger partial charge is 0.263 e. The highest BCUT2D eigenvalue weighted by Gasteiger charge is 2.27. The molecule has 1 atom stereocenters. The van der Waals surface area contributed by atoms with Crippen molar-refractivity contribution in [2.45, 2.75) is 30.2 Å². The van der Waals surface area contributed by atoms with Crippen molar-refractivity contribution in [1.82, 2.24) is 14.9 Å². The average Bonchev–Trinajstić information content (AvgIpc) is 3.50. The van der Waals surface area contributed by atoms with Crippen LogP contribution in [0.4, 0.5) is 23.0 Å². The Kier molecular flexibility index (Phi) is 9.50. The lowest BCUT2D eigenvalue weighted by atomic mass is 10.0. The molecule has 4 aromatic carbocycles. The molecular weight excluding hydrogens is 616 g/mol. The van der Waals surface area contributed by atoms with E-state index >= 15 is 0 Å². The van der Waals surface area contributed by atoms with Gasteiger partial charge < -0.3 is 20.1 Å². The number of rotatable bonds is 12. The summed E-state index contributed by atoms with van der Waals surface area (Å²) in [6.45, 7) is 1.07. The van der Waals surface area contributed by atoms with E-state index in [2.05, 4.69) is 42.4 Å². The van der Waals surface area contributed by atoms with E-state index in [9.17, 15) is 13.2 Å². The third kappa shape index (κ3) is 7.79. The van der Waals surface area contributed by atoms with Crippen LogP contribution in [-0.2, 0) is 21.2 Å². The van der Waals surface area contributed by atoms with Crippen LogP contribution in [0, 0.1) is 0 Å². The van der Waals surface area contributed by atoms with E-state index in [1.165, 1.54) is 17.7 Å². The van der Waals surface area contributed by atoms with Gasteiger partial charge in [0.05, 0.1) is 36.7 Å². The Hall–Kier alpha value is -5.20. The number of likely N-dealkylation sites (tertiary alicyclic amines) is 1. The maximum atomic E-state index is 13.7. The van der Waals surface area contributed by atoms with Crippen molar-refractivity contribution in [1.29, 1.82) is 0 Å². The Morgan fingerprint density at radius 3 is 2.21 bits per heavy atom. The van der Waals surface area contributed by atoms with Gasteiger partial charge in [-0.15, -0.1) is 0 Å². The number of sulfonamides is 1. The molecule has 1 saturated heterocycles. The number of nitrogens with one attached hydrogen (secondary N) is 3. The van der Waals surface area contributed by atoms with E-state index in [1.54, 1.807) is 62.8 Å². The molecule has 47 heavy (non-hydrogen) atoms. The first-order valence-electron chi connectivity index (χ1n) is 15.3. The second kappa shape index (κ2) is 14.1. The lowest BCUT2D eigenvalue weighted by molar-refractivity contribution is -0.117. The van der Waals surface area contributed by atoms with E-state index in [0.29, 0.717) is 33.9 Å². The van der Waals surface area contributed by atoms with E-state index in [-0.39, 0.29) is 35.0 Å². The summed E-state index contributed by atoms with van der Waals surface area (Å²) in [5, 5.41) is 6.04. The number of anilines is 4. The van der Waals surface area contributed by atoms with Gasteiger partial charge in [0, 0.05) is 35.6 Å². The van der Waals surface area contributed by atoms with Crippen LogP contribution >= 0.6 is 0 Å². The number of hydrogen-bond donors (Lipinski definition) is 3. The first-order valence-corrected chi connectivity index (χ1v) is 16.8. The van der Waals surface area contributed by atoms with Crippen LogP contribution in [0.15, 0.2) is 102 Å². The summed E-state index contributed by atoms with van der Waals surface area (Å²) in [5.74, 6) is 1.06. The summed E-state index contributed by atoms with van der Waals surface area (Å²) in [5.41, 5.74) is 3.25. The fourth-order valence-electron chi connectivity index (χ4n) is 5.71. The van der Waals surface area contributed by atoms with Gasteiger partial charge in [-0.3, -0.25) is 14.4 Å². The molecule has 0 saturated carbocycles. The van der Waals surface area contributed by atoms with Crippen LogP contribution in [0.2, 0.25) is 0 Å². The third-order valence-electron chi connectivity index (χ3n) is 8.00. The van der Waals surface area contributed by atoms with E-state index in [0.717, 1.165) is 25.8 Å². The third-order valence-corrected chi connectivity index (χ3v) is 9.34. The Morgan fingerprint density at radius 2 is 1.51 bits per heavy atom. The number of carbonyl (C=O) groups is 1. The van der Waals surface area contributed by atoms with Gasteiger partial charge in [0.15, 0.2) is 11.6 Å². The molecule has 11 nitrogen and oxygen atoms in total. The predicted molar refractivity (Wildman–Crippen MR) is 183 cm³/mol. The number of benzene rings is 4. The van der Waals surface area contributed by atoms with Gasteiger partial charge >= 0.3 is 0 Å². The molecule has 6 rings (SSSR count). The van der Waals surface area contributed by atoms with Gasteiger partial charge in [0.2, 0.25) is 5.91 Å². The van der Waals surface area contributed by atoms with Crippen molar-refractivity contribution in [3.8, 4) is 11.5 Å². The molecule has 0 bridgehead atoms. The first kappa shape index (κ1) is 31.8.